The number of hydrogen-bond acceptors (Lipinski definition) is 2. The fraction of sp³-hybridized carbons (Fsp3) is 0.0556. The quantitative estimate of drug-likeness (QED) is 0.567. The number of anilines is 1. The van der Waals surface area contributed by atoms with E-state index in [1.807, 2.05) is 37.3 Å². The lowest BCUT2D eigenvalue weighted by Gasteiger charge is -2.10. The molecular weight excluding hydrogens is 265 g/mol. The Labute approximate surface area is 122 Å². The number of ketones is 1. The van der Waals surface area contributed by atoms with Gasteiger partial charge in [0.15, 0.2) is 5.78 Å². The van der Waals surface area contributed by atoms with Crippen LogP contribution in [0.4, 0.5) is 10.1 Å². The second kappa shape index (κ2) is 5.02. The summed E-state index contributed by atoms with van der Waals surface area (Å²) < 4.78 is 13.4. The summed E-state index contributed by atoms with van der Waals surface area (Å²) in [4.78, 5) is 12.7. The molecule has 0 atom stereocenters. The summed E-state index contributed by atoms with van der Waals surface area (Å²) in [6, 6.07) is 15.2. The van der Waals surface area contributed by atoms with Crippen molar-refractivity contribution in [3.8, 4) is 0 Å². The third-order valence-electron chi connectivity index (χ3n) is 3.65. The lowest BCUT2D eigenvalue weighted by atomic mass is 9.94. The van der Waals surface area contributed by atoms with Crippen LogP contribution < -0.4 is 5.73 Å². The Balaban J connectivity index is 2.23. The Morgan fingerprint density at radius 1 is 0.952 bits per heavy atom. The lowest BCUT2D eigenvalue weighted by molar-refractivity contribution is 0.104. The van der Waals surface area contributed by atoms with Crippen molar-refractivity contribution >= 4 is 22.2 Å². The van der Waals surface area contributed by atoms with E-state index in [9.17, 15) is 9.18 Å². The SMILES string of the molecule is Cc1ccc(C(=O)c2cc(F)ccc2N)c2ccccc12. The molecule has 0 heterocycles. The minimum atomic E-state index is -0.469. The number of benzene rings is 3. The normalized spacial score (nSPS) is 10.8. The Morgan fingerprint density at radius 2 is 1.67 bits per heavy atom. The molecule has 104 valence electrons. The molecule has 0 spiro atoms. The predicted molar refractivity (Wildman–Crippen MR) is 82.9 cm³/mol. The van der Waals surface area contributed by atoms with E-state index in [1.165, 1.54) is 18.2 Å². The number of carbonyl (C=O) groups is 1. The lowest BCUT2D eigenvalue weighted by Crippen LogP contribution is -2.07. The molecule has 2 nitrogen and oxygen atoms in total. The first-order chi connectivity index (χ1) is 10.1. The summed E-state index contributed by atoms with van der Waals surface area (Å²) in [6.07, 6.45) is 0. The Hall–Kier alpha value is -2.68. The molecule has 0 aliphatic rings. The highest BCUT2D eigenvalue weighted by Crippen LogP contribution is 2.26. The van der Waals surface area contributed by atoms with Crippen LogP contribution in [-0.2, 0) is 0 Å². The van der Waals surface area contributed by atoms with Gasteiger partial charge in [0.25, 0.3) is 0 Å². The van der Waals surface area contributed by atoms with Gasteiger partial charge in [0, 0.05) is 16.8 Å². The summed E-state index contributed by atoms with van der Waals surface area (Å²) in [5.74, 6) is -0.729. The molecule has 0 aliphatic carbocycles. The van der Waals surface area contributed by atoms with Crippen molar-refractivity contribution in [3.63, 3.8) is 0 Å². The van der Waals surface area contributed by atoms with Crippen LogP contribution in [0.1, 0.15) is 21.5 Å². The number of carbonyl (C=O) groups excluding carboxylic acids is 1. The first kappa shape index (κ1) is 13.3. The number of aryl methyl sites for hydroxylation is 1. The van der Waals surface area contributed by atoms with E-state index in [0.29, 0.717) is 5.56 Å². The molecule has 0 saturated heterocycles. The zero-order valence-corrected chi connectivity index (χ0v) is 11.6. The van der Waals surface area contributed by atoms with Crippen LogP contribution in [0.2, 0.25) is 0 Å². The smallest absolute Gasteiger partial charge is 0.195 e. The Morgan fingerprint density at radius 3 is 2.43 bits per heavy atom. The maximum absolute atomic E-state index is 13.4. The van der Waals surface area contributed by atoms with Crippen LogP contribution in [0, 0.1) is 12.7 Å². The second-order valence-electron chi connectivity index (χ2n) is 5.04. The molecule has 2 N–H and O–H groups in total. The minimum Gasteiger partial charge on any atom is -0.398 e. The number of nitrogens with two attached hydrogens (primary N) is 1. The summed E-state index contributed by atoms with van der Waals surface area (Å²) in [5, 5.41) is 1.87. The van der Waals surface area contributed by atoms with Gasteiger partial charge < -0.3 is 5.73 Å². The number of hydrogen-bond donors (Lipinski definition) is 1. The summed E-state index contributed by atoms with van der Waals surface area (Å²) in [7, 11) is 0. The van der Waals surface area contributed by atoms with Crippen molar-refractivity contribution in [2.45, 2.75) is 6.92 Å². The van der Waals surface area contributed by atoms with Gasteiger partial charge in [0.1, 0.15) is 5.82 Å². The summed E-state index contributed by atoms with van der Waals surface area (Å²) in [5.41, 5.74) is 7.92. The van der Waals surface area contributed by atoms with Gasteiger partial charge in [0.2, 0.25) is 0 Å². The summed E-state index contributed by atoms with van der Waals surface area (Å²) in [6.45, 7) is 1.99. The third kappa shape index (κ3) is 2.27. The molecule has 21 heavy (non-hydrogen) atoms. The van der Waals surface area contributed by atoms with E-state index >= 15 is 0 Å². The van der Waals surface area contributed by atoms with Gasteiger partial charge in [-0.05, 0) is 41.5 Å². The number of fused-ring (bicyclic) bond motifs is 1. The molecular formula is C18H14FNO. The van der Waals surface area contributed by atoms with E-state index in [0.717, 1.165) is 16.3 Å². The largest absolute Gasteiger partial charge is 0.398 e. The maximum Gasteiger partial charge on any atom is 0.195 e. The molecule has 3 aromatic carbocycles. The van der Waals surface area contributed by atoms with Crippen LogP contribution in [-0.4, -0.2) is 5.78 Å². The standard InChI is InChI=1S/C18H14FNO/c1-11-6-8-15(14-5-3-2-4-13(11)14)18(21)16-10-12(19)7-9-17(16)20/h2-10H,20H2,1H3. The molecule has 3 aromatic rings. The van der Waals surface area contributed by atoms with E-state index in [2.05, 4.69) is 0 Å². The average Bonchev–Trinajstić information content (AvgIpc) is 2.50. The third-order valence-corrected chi connectivity index (χ3v) is 3.65. The maximum atomic E-state index is 13.4. The van der Waals surface area contributed by atoms with Crippen molar-refractivity contribution in [2.75, 3.05) is 5.73 Å². The van der Waals surface area contributed by atoms with Crippen LogP contribution in [0.5, 0.6) is 0 Å². The van der Waals surface area contributed by atoms with Gasteiger partial charge in [-0.25, -0.2) is 4.39 Å². The van der Waals surface area contributed by atoms with Gasteiger partial charge in [-0.3, -0.25) is 4.79 Å². The first-order valence-corrected chi connectivity index (χ1v) is 6.66. The van der Waals surface area contributed by atoms with Crippen molar-refractivity contribution in [3.05, 3.63) is 77.1 Å². The highest BCUT2D eigenvalue weighted by Gasteiger charge is 2.16. The van der Waals surface area contributed by atoms with E-state index in [-0.39, 0.29) is 17.0 Å². The molecule has 0 radical (unpaired) electrons. The van der Waals surface area contributed by atoms with Crippen LogP contribution in [0.3, 0.4) is 0 Å². The molecule has 0 aromatic heterocycles. The first-order valence-electron chi connectivity index (χ1n) is 6.66. The van der Waals surface area contributed by atoms with Crippen molar-refractivity contribution in [1.82, 2.24) is 0 Å². The highest BCUT2D eigenvalue weighted by molar-refractivity contribution is 6.18. The van der Waals surface area contributed by atoms with Crippen LogP contribution in [0.15, 0.2) is 54.6 Å². The fourth-order valence-corrected chi connectivity index (χ4v) is 2.52. The van der Waals surface area contributed by atoms with E-state index in [4.69, 9.17) is 5.73 Å². The van der Waals surface area contributed by atoms with Gasteiger partial charge in [-0.2, -0.15) is 0 Å². The van der Waals surface area contributed by atoms with Crippen LogP contribution >= 0.6 is 0 Å². The van der Waals surface area contributed by atoms with Crippen molar-refractivity contribution in [2.24, 2.45) is 0 Å². The van der Waals surface area contributed by atoms with E-state index < -0.39 is 5.82 Å². The van der Waals surface area contributed by atoms with Gasteiger partial charge in [-0.1, -0.05) is 36.4 Å². The molecule has 3 heteroatoms. The van der Waals surface area contributed by atoms with Gasteiger partial charge >= 0.3 is 0 Å². The fourth-order valence-electron chi connectivity index (χ4n) is 2.52. The molecule has 3 rings (SSSR count). The molecule has 0 bridgehead atoms. The average molecular weight is 279 g/mol. The molecule has 0 saturated carbocycles. The van der Waals surface area contributed by atoms with Crippen molar-refractivity contribution < 1.29 is 9.18 Å². The topological polar surface area (TPSA) is 43.1 Å². The predicted octanol–water partition coefficient (Wildman–Crippen LogP) is 4.10. The number of nitrogen functional groups attached to an aromatic ring is 1. The minimum absolute atomic E-state index is 0.198. The number of rotatable bonds is 2. The Bertz CT molecular complexity index is 855. The van der Waals surface area contributed by atoms with Gasteiger partial charge in [-0.15, -0.1) is 0 Å². The molecule has 0 unspecified atom stereocenters. The summed E-state index contributed by atoms with van der Waals surface area (Å²) >= 11 is 0. The second-order valence-corrected chi connectivity index (χ2v) is 5.04. The molecule has 0 fully saturated rings. The molecule has 0 amide bonds. The van der Waals surface area contributed by atoms with Crippen molar-refractivity contribution in [1.29, 1.82) is 0 Å². The molecule has 0 aliphatic heterocycles. The zero-order valence-electron chi connectivity index (χ0n) is 11.6. The van der Waals surface area contributed by atoms with E-state index in [1.54, 1.807) is 6.07 Å². The van der Waals surface area contributed by atoms with Gasteiger partial charge in [0.05, 0.1) is 0 Å². The zero-order chi connectivity index (χ0) is 15.0. The highest BCUT2D eigenvalue weighted by atomic mass is 19.1. The van der Waals surface area contributed by atoms with Crippen LogP contribution in [0.25, 0.3) is 10.8 Å². The number of halogens is 1. The monoisotopic (exact) mass is 279 g/mol. The Kier molecular flexibility index (Phi) is 3.18.